The largest absolute Gasteiger partial charge is 0.306 e. The summed E-state index contributed by atoms with van der Waals surface area (Å²) >= 11 is 5.92. The predicted octanol–water partition coefficient (Wildman–Crippen LogP) is 5.34. The molecule has 106 valence electrons. The van der Waals surface area contributed by atoms with Gasteiger partial charge in [0.05, 0.1) is 0 Å². The Kier molecular flexibility index (Phi) is 4.23. The Bertz CT molecular complexity index is 729. The van der Waals surface area contributed by atoms with Crippen molar-refractivity contribution in [3.8, 4) is 0 Å². The fraction of sp³-hybridized carbons (Fsp3) is 0.158. The molecular weight excluding hydrogens is 278 g/mol. The second-order valence-corrected chi connectivity index (χ2v) is 5.73. The first-order valence-electron chi connectivity index (χ1n) is 7.19. The van der Waals surface area contributed by atoms with Gasteiger partial charge in [-0.3, -0.25) is 0 Å². The zero-order valence-electron chi connectivity index (χ0n) is 12.0. The van der Waals surface area contributed by atoms with Crippen molar-refractivity contribution in [2.45, 2.75) is 19.5 Å². The zero-order valence-corrected chi connectivity index (χ0v) is 12.8. The molecule has 0 aliphatic heterocycles. The van der Waals surface area contributed by atoms with Crippen molar-refractivity contribution in [3.05, 3.63) is 82.9 Å². The van der Waals surface area contributed by atoms with Crippen molar-refractivity contribution in [2.75, 3.05) is 0 Å². The van der Waals surface area contributed by atoms with E-state index in [1.807, 2.05) is 12.1 Å². The van der Waals surface area contributed by atoms with Crippen molar-refractivity contribution in [3.63, 3.8) is 0 Å². The van der Waals surface area contributed by atoms with Crippen molar-refractivity contribution in [2.24, 2.45) is 0 Å². The molecule has 0 heterocycles. The lowest BCUT2D eigenvalue weighted by molar-refractivity contribution is 0.578. The molecule has 0 bridgehead atoms. The number of nitrogens with one attached hydrogen (secondary N) is 1. The van der Waals surface area contributed by atoms with Crippen molar-refractivity contribution < 1.29 is 0 Å². The van der Waals surface area contributed by atoms with Crippen LogP contribution in [-0.2, 0) is 6.54 Å². The van der Waals surface area contributed by atoms with Gasteiger partial charge in [-0.05, 0) is 41.0 Å². The van der Waals surface area contributed by atoms with Crippen molar-refractivity contribution in [1.29, 1.82) is 0 Å². The first-order chi connectivity index (χ1) is 10.2. The molecule has 1 unspecified atom stereocenters. The second kappa shape index (κ2) is 6.30. The minimum Gasteiger partial charge on any atom is -0.306 e. The fourth-order valence-electron chi connectivity index (χ4n) is 2.61. The van der Waals surface area contributed by atoms with E-state index in [4.69, 9.17) is 11.6 Å². The normalized spacial score (nSPS) is 12.5. The van der Waals surface area contributed by atoms with Crippen LogP contribution < -0.4 is 5.32 Å². The second-order valence-electron chi connectivity index (χ2n) is 5.30. The molecule has 0 radical (unpaired) electrons. The van der Waals surface area contributed by atoms with Gasteiger partial charge in [0, 0.05) is 17.6 Å². The summed E-state index contributed by atoms with van der Waals surface area (Å²) in [7, 11) is 0. The van der Waals surface area contributed by atoms with E-state index in [9.17, 15) is 0 Å². The van der Waals surface area contributed by atoms with E-state index in [1.54, 1.807) is 0 Å². The Hall–Kier alpha value is -1.83. The molecule has 3 aromatic carbocycles. The number of hydrogen-bond donors (Lipinski definition) is 1. The standard InChI is InChI=1S/C19H18ClN/c1-14(21-13-15-9-11-17(20)12-10-15)18-8-4-6-16-5-2-3-7-19(16)18/h2-12,14,21H,13H2,1H3. The van der Waals surface area contributed by atoms with Crippen LogP contribution >= 0.6 is 11.6 Å². The van der Waals surface area contributed by atoms with Gasteiger partial charge in [-0.15, -0.1) is 0 Å². The van der Waals surface area contributed by atoms with Crippen LogP contribution in [-0.4, -0.2) is 0 Å². The van der Waals surface area contributed by atoms with Gasteiger partial charge in [0.25, 0.3) is 0 Å². The summed E-state index contributed by atoms with van der Waals surface area (Å²) in [5, 5.41) is 6.97. The summed E-state index contributed by atoms with van der Waals surface area (Å²) in [6.45, 7) is 3.04. The maximum Gasteiger partial charge on any atom is 0.0406 e. The third-order valence-corrected chi connectivity index (χ3v) is 4.07. The Morgan fingerprint density at radius 1 is 0.905 bits per heavy atom. The Morgan fingerprint density at radius 2 is 1.62 bits per heavy atom. The van der Waals surface area contributed by atoms with Gasteiger partial charge in [0.1, 0.15) is 0 Å². The Labute approximate surface area is 130 Å². The summed E-state index contributed by atoms with van der Waals surface area (Å²) in [5.41, 5.74) is 2.58. The molecule has 1 atom stereocenters. The first kappa shape index (κ1) is 14.1. The third-order valence-electron chi connectivity index (χ3n) is 3.82. The molecule has 21 heavy (non-hydrogen) atoms. The number of fused-ring (bicyclic) bond motifs is 1. The number of hydrogen-bond acceptors (Lipinski definition) is 1. The van der Waals surface area contributed by atoms with E-state index in [-0.39, 0.29) is 0 Å². The SMILES string of the molecule is CC(NCc1ccc(Cl)cc1)c1cccc2ccccc12. The quantitative estimate of drug-likeness (QED) is 0.684. The Morgan fingerprint density at radius 3 is 2.43 bits per heavy atom. The molecule has 3 rings (SSSR count). The molecule has 1 N–H and O–H groups in total. The van der Waals surface area contributed by atoms with Gasteiger partial charge in [-0.1, -0.05) is 66.2 Å². The monoisotopic (exact) mass is 295 g/mol. The molecule has 1 nitrogen and oxygen atoms in total. The fourth-order valence-corrected chi connectivity index (χ4v) is 2.74. The van der Waals surface area contributed by atoms with Crippen LogP contribution in [0.5, 0.6) is 0 Å². The van der Waals surface area contributed by atoms with Crippen LogP contribution in [0.15, 0.2) is 66.7 Å². The van der Waals surface area contributed by atoms with Crippen LogP contribution in [0.2, 0.25) is 5.02 Å². The van der Waals surface area contributed by atoms with Gasteiger partial charge in [0.15, 0.2) is 0 Å². The van der Waals surface area contributed by atoms with Crippen LogP contribution in [0, 0.1) is 0 Å². The highest BCUT2D eigenvalue weighted by atomic mass is 35.5. The highest BCUT2D eigenvalue weighted by molar-refractivity contribution is 6.30. The van der Waals surface area contributed by atoms with Gasteiger partial charge in [-0.25, -0.2) is 0 Å². The molecule has 0 spiro atoms. The smallest absolute Gasteiger partial charge is 0.0406 e. The van der Waals surface area contributed by atoms with E-state index in [0.29, 0.717) is 6.04 Å². The average molecular weight is 296 g/mol. The van der Waals surface area contributed by atoms with Crippen LogP contribution in [0.25, 0.3) is 10.8 Å². The molecule has 0 aromatic heterocycles. The summed E-state index contributed by atoms with van der Waals surface area (Å²) in [5.74, 6) is 0. The maximum absolute atomic E-state index is 5.92. The van der Waals surface area contributed by atoms with Crippen LogP contribution in [0.1, 0.15) is 24.1 Å². The number of halogens is 1. The summed E-state index contributed by atoms with van der Waals surface area (Å²) in [6, 6.07) is 23.3. The third kappa shape index (κ3) is 3.26. The predicted molar refractivity (Wildman–Crippen MR) is 90.7 cm³/mol. The van der Waals surface area contributed by atoms with E-state index >= 15 is 0 Å². The molecule has 0 fully saturated rings. The van der Waals surface area contributed by atoms with Gasteiger partial charge >= 0.3 is 0 Å². The molecule has 3 aromatic rings. The first-order valence-corrected chi connectivity index (χ1v) is 7.57. The highest BCUT2D eigenvalue weighted by Crippen LogP contribution is 2.24. The van der Waals surface area contributed by atoms with Crippen LogP contribution in [0.4, 0.5) is 0 Å². The van der Waals surface area contributed by atoms with Gasteiger partial charge < -0.3 is 5.32 Å². The summed E-state index contributed by atoms with van der Waals surface area (Å²) < 4.78 is 0. The maximum atomic E-state index is 5.92. The average Bonchev–Trinajstić information content (AvgIpc) is 2.53. The minimum absolute atomic E-state index is 0.298. The van der Waals surface area contributed by atoms with Gasteiger partial charge in [0.2, 0.25) is 0 Å². The van der Waals surface area contributed by atoms with Crippen molar-refractivity contribution >= 4 is 22.4 Å². The lowest BCUT2D eigenvalue weighted by Gasteiger charge is -2.16. The molecule has 0 saturated heterocycles. The zero-order chi connectivity index (χ0) is 14.7. The molecule has 0 aliphatic carbocycles. The summed E-state index contributed by atoms with van der Waals surface area (Å²) in [6.07, 6.45) is 0. The van der Waals surface area contributed by atoms with Gasteiger partial charge in [-0.2, -0.15) is 0 Å². The Balaban J connectivity index is 1.78. The van der Waals surface area contributed by atoms with Crippen LogP contribution in [0.3, 0.4) is 0 Å². The highest BCUT2D eigenvalue weighted by Gasteiger charge is 2.08. The molecule has 2 heteroatoms. The van der Waals surface area contributed by atoms with E-state index < -0.39 is 0 Å². The number of rotatable bonds is 4. The van der Waals surface area contributed by atoms with E-state index in [2.05, 4.69) is 66.8 Å². The lowest BCUT2D eigenvalue weighted by atomic mass is 9.99. The van der Waals surface area contributed by atoms with Crippen molar-refractivity contribution in [1.82, 2.24) is 5.32 Å². The molecule has 0 aliphatic rings. The molecule has 0 saturated carbocycles. The minimum atomic E-state index is 0.298. The lowest BCUT2D eigenvalue weighted by Crippen LogP contribution is -2.18. The molecular formula is C19H18ClN. The summed E-state index contributed by atoms with van der Waals surface area (Å²) in [4.78, 5) is 0. The van der Waals surface area contributed by atoms with E-state index in [0.717, 1.165) is 11.6 Å². The van der Waals surface area contributed by atoms with E-state index in [1.165, 1.54) is 21.9 Å². The number of benzene rings is 3. The topological polar surface area (TPSA) is 12.0 Å². The molecule has 0 amide bonds.